The summed E-state index contributed by atoms with van der Waals surface area (Å²) < 4.78 is 5.08. The molecule has 5 heteroatoms. The van der Waals surface area contributed by atoms with Gasteiger partial charge in [0.1, 0.15) is 11.2 Å². The zero-order chi connectivity index (χ0) is 12.0. The van der Waals surface area contributed by atoms with E-state index >= 15 is 0 Å². The van der Waals surface area contributed by atoms with Gasteiger partial charge in [0.15, 0.2) is 0 Å². The van der Waals surface area contributed by atoms with Crippen molar-refractivity contribution in [3.63, 3.8) is 0 Å². The third kappa shape index (κ3) is 4.45. The van der Waals surface area contributed by atoms with Gasteiger partial charge in [-0.15, -0.1) is 0 Å². The Hall–Kier alpha value is -2.04. The number of hydrogen-bond donors (Lipinski definition) is 2. The summed E-state index contributed by atoms with van der Waals surface area (Å²) in [6.45, 7) is 0. The fourth-order valence-corrected chi connectivity index (χ4v) is 1.10. The Bertz CT molecular complexity index is 386. The maximum absolute atomic E-state index is 9.79. The number of aliphatic carboxylic acids is 2. The minimum absolute atomic E-state index is 0.0632. The zero-order valence-corrected chi connectivity index (χ0v) is 8.55. The smallest absolute Gasteiger partial charge is 0.303 e. The SMILES string of the molecule is O=C(O)CCCC(=O)O.c1cc2ccc1o2. The van der Waals surface area contributed by atoms with E-state index in [4.69, 9.17) is 14.6 Å². The Balaban J connectivity index is 0.000000163. The molecule has 0 unspecified atom stereocenters. The second-order valence-corrected chi connectivity index (χ2v) is 3.21. The molecule has 2 N–H and O–H groups in total. The van der Waals surface area contributed by atoms with Crippen LogP contribution in [0.25, 0.3) is 11.2 Å². The summed E-state index contributed by atoms with van der Waals surface area (Å²) in [5.41, 5.74) is 1.94. The van der Waals surface area contributed by atoms with Gasteiger partial charge in [0, 0.05) is 12.8 Å². The van der Waals surface area contributed by atoms with Crippen LogP contribution in [0.1, 0.15) is 19.3 Å². The Kier molecular flexibility index (Phi) is 4.32. The predicted octanol–water partition coefficient (Wildman–Crippen LogP) is 2.20. The molecule has 2 rings (SSSR count). The van der Waals surface area contributed by atoms with Crippen LogP contribution in [0.5, 0.6) is 0 Å². The van der Waals surface area contributed by atoms with E-state index in [2.05, 4.69) is 0 Å². The molecule has 0 saturated heterocycles. The van der Waals surface area contributed by atoms with Crippen LogP contribution in [0.4, 0.5) is 0 Å². The van der Waals surface area contributed by atoms with Crippen LogP contribution >= 0.6 is 0 Å². The van der Waals surface area contributed by atoms with Crippen LogP contribution in [0, 0.1) is 0 Å². The summed E-state index contributed by atoms with van der Waals surface area (Å²) in [5, 5.41) is 16.1. The zero-order valence-electron chi connectivity index (χ0n) is 8.55. The molecule has 2 aromatic rings. The number of hydrogen-bond acceptors (Lipinski definition) is 3. The summed E-state index contributed by atoms with van der Waals surface area (Å²) >= 11 is 0. The molecule has 16 heavy (non-hydrogen) atoms. The Morgan fingerprint density at radius 3 is 1.50 bits per heavy atom. The molecule has 2 heterocycles. The van der Waals surface area contributed by atoms with Crippen LogP contribution in [-0.2, 0) is 9.59 Å². The van der Waals surface area contributed by atoms with Crippen molar-refractivity contribution in [1.29, 1.82) is 0 Å². The normalized spacial score (nSPS) is 9.75. The van der Waals surface area contributed by atoms with E-state index in [0.717, 1.165) is 11.2 Å². The van der Waals surface area contributed by atoms with Crippen molar-refractivity contribution in [3.8, 4) is 0 Å². The second kappa shape index (κ2) is 5.75. The van der Waals surface area contributed by atoms with Gasteiger partial charge in [0.25, 0.3) is 0 Å². The standard InChI is InChI=1S/C6H4O.C5H8O4/c1-2-6-4-3-5(1)7-6;6-4(7)2-1-3-5(8)9/h1-4H;1-3H2,(H,6,7)(H,8,9). The molecule has 0 fully saturated rings. The van der Waals surface area contributed by atoms with Gasteiger partial charge in [-0.1, -0.05) is 0 Å². The third-order valence-corrected chi connectivity index (χ3v) is 1.84. The molecular formula is C11H12O5. The second-order valence-electron chi connectivity index (χ2n) is 3.21. The minimum Gasteiger partial charge on any atom is -0.481 e. The van der Waals surface area contributed by atoms with E-state index in [0.29, 0.717) is 0 Å². The molecule has 0 spiro atoms. The van der Waals surface area contributed by atoms with Gasteiger partial charge in [-0.3, -0.25) is 9.59 Å². The first-order valence-corrected chi connectivity index (χ1v) is 4.79. The molecule has 0 aromatic carbocycles. The fraction of sp³-hybridized carbons (Fsp3) is 0.273. The largest absolute Gasteiger partial charge is 0.481 e. The van der Waals surface area contributed by atoms with Crippen LogP contribution < -0.4 is 0 Å². The van der Waals surface area contributed by atoms with Gasteiger partial charge in [-0.25, -0.2) is 0 Å². The maximum Gasteiger partial charge on any atom is 0.303 e. The molecule has 0 aliphatic carbocycles. The lowest BCUT2D eigenvalue weighted by atomic mass is 10.2. The Morgan fingerprint density at radius 2 is 1.31 bits per heavy atom. The molecule has 2 bridgehead atoms. The van der Waals surface area contributed by atoms with Crippen molar-refractivity contribution < 1.29 is 24.2 Å². The molecular weight excluding hydrogens is 212 g/mol. The van der Waals surface area contributed by atoms with Gasteiger partial charge in [0.2, 0.25) is 0 Å². The predicted molar refractivity (Wildman–Crippen MR) is 56.5 cm³/mol. The van der Waals surface area contributed by atoms with Crippen molar-refractivity contribution >= 4 is 23.1 Å². The monoisotopic (exact) mass is 224 g/mol. The molecule has 0 aliphatic heterocycles. The molecule has 0 amide bonds. The average molecular weight is 224 g/mol. The quantitative estimate of drug-likeness (QED) is 0.831. The summed E-state index contributed by atoms with van der Waals surface area (Å²) in [6, 6.07) is 7.81. The van der Waals surface area contributed by atoms with Gasteiger partial charge >= 0.3 is 11.9 Å². The van der Waals surface area contributed by atoms with Gasteiger partial charge in [-0.2, -0.15) is 0 Å². The lowest BCUT2D eigenvalue weighted by Gasteiger charge is -1.89. The third-order valence-electron chi connectivity index (χ3n) is 1.84. The maximum atomic E-state index is 9.79. The summed E-state index contributed by atoms with van der Waals surface area (Å²) in [6.07, 6.45) is 0.0866. The fourth-order valence-electron chi connectivity index (χ4n) is 1.10. The first-order chi connectivity index (χ1) is 7.58. The first-order valence-electron chi connectivity index (χ1n) is 4.79. The highest BCUT2D eigenvalue weighted by molar-refractivity contribution is 5.69. The van der Waals surface area contributed by atoms with Crippen molar-refractivity contribution in [2.24, 2.45) is 0 Å². The van der Waals surface area contributed by atoms with Crippen LogP contribution in [0.15, 0.2) is 28.7 Å². The van der Waals surface area contributed by atoms with Crippen molar-refractivity contribution in [3.05, 3.63) is 24.3 Å². The van der Waals surface area contributed by atoms with Gasteiger partial charge < -0.3 is 14.6 Å². The number of carbonyl (C=O) groups is 2. The van der Waals surface area contributed by atoms with E-state index in [-0.39, 0.29) is 19.3 Å². The summed E-state index contributed by atoms with van der Waals surface area (Å²) in [4.78, 5) is 19.6. The van der Waals surface area contributed by atoms with E-state index in [1.54, 1.807) is 0 Å². The molecule has 0 saturated carbocycles. The summed E-state index contributed by atoms with van der Waals surface area (Å²) in [5.74, 6) is -1.90. The van der Waals surface area contributed by atoms with Crippen LogP contribution in [0.2, 0.25) is 0 Å². The number of benzene rings is 1. The highest BCUT2D eigenvalue weighted by Gasteiger charge is 1.99. The van der Waals surface area contributed by atoms with E-state index < -0.39 is 11.9 Å². The van der Waals surface area contributed by atoms with Crippen molar-refractivity contribution in [1.82, 2.24) is 0 Å². The Morgan fingerprint density at radius 1 is 0.938 bits per heavy atom. The number of carboxylic acid groups (broad SMARTS) is 2. The van der Waals surface area contributed by atoms with Crippen molar-refractivity contribution in [2.75, 3.05) is 0 Å². The first kappa shape index (κ1) is 12.0. The van der Waals surface area contributed by atoms with Gasteiger partial charge in [-0.05, 0) is 30.7 Å². The van der Waals surface area contributed by atoms with Gasteiger partial charge in [0.05, 0.1) is 0 Å². The lowest BCUT2D eigenvalue weighted by Crippen LogP contribution is -1.98. The average Bonchev–Trinajstić information content (AvgIpc) is 2.80. The highest BCUT2D eigenvalue weighted by Crippen LogP contribution is 2.13. The lowest BCUT2D eigenvalue weighted by molar-refractivity contribution is -0.138. The minimum atomic E-state index is -0.948. The highest BCUT2D eigenvalue weighted by atomic mass is 16.4. The van der Waals surface area contributed by atoms with Crippen molar-refractivity contribution in [2.45, 2.75) is 19.3 Å². The number of furan rings is 2. The molecule has 0 aliphatic rings. The molecule has 0 radical (unpaired) electrons. The number of rotatable bonds is 4. The molecule has 0 atom stereocenters. The molecule has 86 valence electrons. The Labute approximate surface area is 91.6 Å². The number of fused-ring (bicyclic) bond motifs is 2. The van der Waals surface area contributed by atoms with E-state index in [1.165, 1.54) is 0 Å². The van der Waals surface area contributed by atoms with E-state index in [9.17, 15) is 9.59 Å². The molecule has 2 aromatic heterocycles. The van der Waals surface area contributed by atoms with E-state index in [1.807, 2.05) is 24.3 Å². The van der Waals surface area contributed by atoms with Crippen LogP contribution in [0.3, 0.4) is 0 Å². The summed E-state index contributed by atoms with van der Waals surface area (Å²) in [7, 11) is 0. The molecule has 5 nitrogen and oxygen atoms in total. The van der Waals surface area contributed by atoms with Crippen LogP contribution in [-0.4, -0.2) is 22.2 Å². The number of carboxylic acids is 2. The topological polar surface area (TPSA) is 87.7 Å².